The summed E-state index contributed by atoms with van der Waals surface area (Å²) in [6.45, 7) is 3.53. The van der Waals surface area contributed by atoms with E-state index in [9.17, 15) is 4.79 Å². The summed E-state index contributed by atoms with van der Waals surface area (Å²) < 4.78 is 0. The van der Waals surface area contributed by atoms with E-state index in [1.54, 1.807) is 6.92 Å². The molecule has 0 saturated heterocycles. The zero-order chi connectivity index (χ0) is 15.1. The molecular weight excluding hydrogens is 266 g/mol. The number of hydrogen-bond donors (Lipinski definition) is 4. The summed E-state index contributed by atoms with van der Waals surface area (Å²) in [5.41, 5.74) is 2.28. The van der Waals surface area contributed by atoms with E-state index in [-0.39, 0.29) is 12.0 Å². The van der Waals surface area contributed by atoms with Crippen LogP contribution in [0.2, 0.25) is 0 Å². The number of amides is 1. The number of nitrogens with one attached hydrogen (secondary N) is 3. The number of carbonyl (C=O) groups is 1. The molecule has 0 spiro atoms. The molecule has 5 heteroatoms. The number of aliphatic hydroxyl groups excluding tert-OH is 1. The van der Waals surface area contributed by atoms with Gasteiger partial charge in [-0.1, -0.05) is 18.2 Å². The van der Waals surface area contributed by atoms with E-state index in [0.29, 0.717) is 26.1 Å². The van der Waals surface area contributed by atoms with Crippen LogP contribution in [0.5, 0.6) is 0 Å². The Morgan fingerprint density at radius 2 is 2.14 bits per heavy atom. The third-order valence-electron chi connectivity index (χ3n) is 3.36. The van der Waals surface area contributed by atoms with Gasteiger partial charge >= 0.3 is 0 Å². The van der Waals surface area contributed by atoms with Crippen LogP contribution < -0.4 is 10.6 Å². The fourth-order valence-electron chi connectivity index (χ4n) is 2.28. The molecule has 1 atom stereocenters. The average molecular weight is 289 g/mol. The Morgan fingerprint density at radius 1 is 1.33 bits per heavy atom. The van der Waals surface area contributed by atoms with E-state index in [1.807, 2.05) is 24.4 Å². The molecule has 1 unspecified atom stereocenters. The van der Waals surface area contributed by atoms with Gasteiger partial charge in [0.2, 0.25) is 5.91 Å². The van der Waals surface area contributed by atoms with Gasteiger partial charge in [-0.15, -0.1) is 0 Å². The Hall–Kier alpha value is -1.85. The van der Waals surface area contributed by atoms with Gasteiger partial charge in [0.1, 0.15) is 0 Å². The van der Waals surface area contributed by atoms with Crippen molar-refractivity contribution >= 4 is 16.8 Å². The predicted octanol–water partition coefficient (Wildman–Crippen LogP) is 1.19. The molecule has 1 aromatic carbocycles. The summed E-state index contributed by atoms with van der Waals surface area (Å²) in [7, 11) is 0. The molecule has 2 aromatic rings. The van der Waals surface area contributed by atoms with Crippen molar-refractivity contribution in [1.29, 1.82) is 0 Å². The van der Waals surface area contributed by atoms with E-state index >= 15 is 0 Å². The molecule has 0 aliphatic rings. The van der Waals surface area contributed by atoms with Crippen molar-refractivity contribution in [3.8, 4) is 0 Å². The van der Waals surface area contributed by atoms with Gasteiger partial charge in [0.05, 0.1) is 6.10 Å². The quantitative estimate of drug-likeness (QED) is 0.551. The normalized spacial score (nSPS) is 12.5. The van der Waals surface area contributed by atoms with E-state index in [0.717, 1.165) is 11.9 Å². The number of aromatic nitrogens is 1. The van der Waals surface area contributed by atoms with Gasteiger partial charge in [-0.3, -0.25) is 4.79 Å². The highest BCUT2D eigenvalue weighted by molar-refractivity contribution is 5.84. The van der Waals surface area contributed by atoms with Crippen LogP contribution in [0.1, 0.15) is 18.9 Å². The molecular formula is C16H23N3O2. The maximum absolute atomic E-state index is 11.8. The molecule has 0 saturated carbocycles. The topological polar surface area (TPSA) is 77.2 Å². The van der Waals surface area contributed by atoms with Gasteiger partial charge in [-0.25, -0.2) is 0 Å². The van der Waals surface area contributed by atoms with Crippen molar-refractivity contribution in [1.82, 2.24) is 15.6 Å². The zero-order valence-corrected chi connectivity index (χ0v) is 12.4. The molecule has 0 bridgehead atoms. The lowest BCUT2D eigenvalue weighted by atomic mass is 10.1. The molecule has 21 heavy (non-hydrogen) atoms. The molecule has 0 radical (unpaired) electrons. The highest BCUT2D eigenvalue weighted by Gasteiger charge is 2.06. The lowest BCUT2D eigenvalue weighted by molar-refractivity contribution is -0.121. The van der Waals surface area contributed by atoms with Crippen LogP contribution in [-0.2, 0) is 11.2 Å². The minimum Gasteiger partial charge on any atom is -0.392 e. The van der Waals surface area contributed by atoms with Gasteiger partial charge in [0, 0.05) is 43.2 Å². The van der Waals surface area contributed by atoms with Gasteiger partial charge in [0.25, 0.3) is 0 Å². The molecule has 0 aliphatic carbocycles. The Bertz CT molecular complexity index is 578. The maximum Gasteiger partial charge on any atom is 0.220 e. The first kappa shape index (κ1) is 15.5. The number of aromatic amines is 1. The van der Waals surface area contributed by atoms with Crippen molar-refractivity contribution in [3.63, 3.8) is 0 Å². The van der Waals surface area contributed by atoms with Crippen LogP contribution in [-0.4, -0.2) is 41.7 Å². The molecule has 0 fully saturated rings. The molecule has 114 valence electrons. The van der Waals surface area contributed by atoms with Crippen LogP contribution in [0.4, 0.5) is 0 Å². The molecule has 5 nitrogen and oxygen atoms in total. The van der Waals surface area contributed by atoms with Crippen molar-refractivity contribution in [2.45, 2.75) is 25.9 Å². The summed E-state index contributed by atoms with van der Waals surface area (Å²) in [6.07, 6.45) is 2.83. The predicted molar refractivity (Wildman–Crippen MR) is 84.2 cm³/mol. The summed E-state index contributed by atoms with van der Waals surface area (Å²) in [4.78, 5) is 15.0. The number of carbonyl (C=O) groups excluding carboxylic acids is 1. The number of benzene rings is 1. The summed E-state index contributed by atoms with van der Waals surface area (Å²) in [5, 5.41) is 16.2. The molecule has 1 aromatic heterocycles. The van der Waals surface area contributed by atoms with Crippen LogP contribution in [0.25, 0.3) is 10.9 Å². The average Bonchev–Trinajstić information content (AvgIpc) is 2.87. The number of rotatable bonds is 8. The lowest BCUT2D eigenvalue weighted by Gasteiger charge is -2.08. The number of fused-ring (bicyclic) bond motifs is 1. The molecule has 1 heterocycles. The van der Waals surface area contributed by atoms with Crippen molar-refractivity contribution in [3.05, 3.63) is 36.0 Å². The van der Waals surface area contributed by atoms with Crippen molar-refractivity contribution in [2.75, 3.05) is 19.6 Å². The number of hydrogen-bond acceptors (Lipinski definition) is 3. The first-order valence-electron chi connectivity index (χ1n) is 7.37. The monoisotopic (exact) mass is 289 g/mol. The van der Waals surface area contributed by atoms with Crippen LogP contribution in [0, 0.1) is 0 Å². The summed E-state index contributed by atoms with van der Waals surface area (Å²) >= 11 is 0. The second kappa shape index (κ2) is 7.81. The van der Waals surface area contributed by atoms with Crippen LogP contribution in [0.3, 0.4) is 0 Å². The summed E-state index contributed by atoms with van der Waals surface area (Å²) in [6, 6.07) is 8.11. The van der Waals surface area contributed by atoms with Gasteiger partial charge in [-0.2, -0.15) is 0 Å². The molecule has 4 N–H and O–H groups in total. The Kier molecular flexibility index (Phi) is 5.78. The molecule has 0 aliphatic heterocycles. The second-order valence-electron chi connectivity index (χ2n) is 5.26. The number of aliphatic hydroxyl groups is 1. The number of para-hydroxylation sites is 1. The number of H-pyrrole nitrogens is 1. The third kappa shape index (κ3) is 4.88. The van der Waals surface area contributed by atoms with E-state index in [2.05, 4.69) is 21.7 Å². The molecule has 2 rings (SSSR count). The second-order valence-corrected chi connectivity index (χ2v) is 5.26. The van der Waals surface area contributed by atoms with Crippen molar-refractivity contribution < 1.29 is 9.90 Å². The van der Waals surface area contributed by atoms with E-state index < -0.39 is 0 Å². The zero-order valence-electron chi connectivity index (χ0n) is 12.4. The van der Waals surface area contributed by atoms with E-state index in [4.69, 9.17) is 5.11 Å². The van der Waals surface area contributed by atoms with Gasteiger partial charge in [-0.05, 0) is 25.0 Å². The summed E-state index contributed by atoms with van der Waals surface area (Å²) in [5.74, 6) is 0.0547. The Morgan fingerprint density at radius 3 is 2.95 bits per heavy atom. The minimum absolute atomic E-state index is 0.0547. The number of aryl methyl sites for hydroxylation is 1. The smallest absolute Gasteiger partial charge is 0.220 e. The first-order chi connectivity index (χ1) is 10.2. The fraction of sp³-hybridized carbons (Fsp3) is 0.438. The fourth-order valence-corrected chi connectivity index (χ4v) is 2.28. The standard InChI is InChI=1S/C16H23N3O2/c1-12(20)10-17-8-9-18-16(21)7-6-13-11-19-15-5-3-2-4-14(13)15/h2-5,11-12,17,19-20H,6-10H2,1H3,(H,18,21). The van der Waals surface area contributed by atoms with Crippen LogP contribution in [0.15, 0.2) is 30.5 Å². The Balaban J connectivity index is 1.69. The maximum atomic E-state index is 11.8. The molecule has 1 amide bonds. The SMILES string of the molecule is CC(O)CNCCNC(=O)CCc1c[nH]c2ccccc12. The largest absolute Gasteiger partial charge is 0.392 e. The van der Waals surface area contributed by atoms with E-state index in [1.165, 1.54) is 10.9 Å². The first-order valence-corrected chi connectivity index (χ1v) is 7.37. The highest BCUT2D eigenvalue weighted by atomic mass is 16.3. The Labute approximate surface area is 124 Å². The third-order valence-corrected chi connectivity index (χ3v) is 3.36. The van der Waals surface area contributed by atoms with Gasteiger partial charge in [0.15, 0.2) is 0 Å². The lowest BCUT2D eigenvalue weighted by Crippen LogP contribution is -2.34. The van der Waals surface area contributed by atoms with Crippen LogP contribution >= 0.6 is 0 Å². The van der Waals surface area contributed by atoms with Crippen molar-refractivity contribution in [2.24, 2.45) is 0 Å². The van der Waals surface area contributed by atoms with Gasteiger partial charge < -0.3 is 20.7 Å². The minimum atomic E-state index is -0.359. The highest BCUT2D eigenvalue weighted by Crippen LogP contribution is 2.18.